The fourth-order valence-electron chi connectivity index (χ4n) is 8.25. The van der Waals surface area contributed by atoms with Gasteiger partial charge < -0.3 is 41.0 Å². The van der Waals surface area contributed by atoms with E-state index < -0.39 is 11.2 Å². The number of aliphatic hydroxyl groups is 2. The van der Waals surface area contributed by atoms with Crippen molar-refractivity contribution in [1.82, 2.24) is 0 Å². The molecule has 0 unspecified atom stereocenters. The summed E-state index contributed by atoms with van der Waals surface area (Å²) < 4.78 is 9.93. The van der Waals surface area contributed by atoms with Gasteiger partial charge in [0, 0.05) is 48.9 Å². The Labute approximate surface area is 458 Å². The average Bonchev–Trinajstić information content (AvgIpc) is 4.38. The number of carbonyl (C=O) groups is 2. The molecule has 0 heterocycles. The fraction of sp³-hybridized carbons (Fsp3) is 0.254. The first kappa shape index (κ1) is 61.4. The van der Waals surface area contributed by atoms with E-state index in [0.29, 0.717) is 30.0 Å². The van der Waals surface area contributed by atoms with E-state index >= 15 is 0 Å². The summed E-state index contributed by atoms with van der Waals surface area (Å²) in [7, 11) is 0. The van der Waals surface area contributed by atoms with Crippen LogP contribution in [0.25, 0.3) is 0 Å². The molecule has 0 spiro atoms. The summed E-state index contributed by atoms with van der Waals surface area (Å²) in [5.74, 6) is -0.612. The second kappa shape index (κ2) is 30.4. The lowest BCUT2D eigenvalue weighted by molar-refractivity contribution is 0.0517. The number of ether oxygens (including phenoxy) is 2. The second-order valence-electron chi connectivity index (χ2n) is 18.5. The number of hydrogen-bond donors (Lipinski definition) is 4. The highest BCUT2D eigenvalue weighted by Gasteiger charge is 2.42. The number of hydrogen-bond acceptors (Lipinski definition) is 10. The van der Waals surface area contributed by atoms with Crippen LogP contribution in [-0.4, -0.2) is 35.4 Å². The van der Waals surface area contributed by atoms with Crippen molar-refractivity contribution in [2.24, 2.45) is 0 Å². The molecular formula is C67H80N4O6. The van der Waals surface area contributed by atoms with Crippen molar-refractivity contribution in [3.8, 4) is 0 Å². The van der Waals surface area contributed by atoms with Gasteiger partial charge in [0.25, 0.3) is 0 Å². The number of rotatable bonds is 16. The normalized spacial score (nSPS) is 12.6. The van der Waals surface area contributed by atoms with Crippen LogP contribution in [0.5, 0.6) is 0 Å². The lowest BCUT2D eigenvalue weighted by Gasteiger charge is -2.26. The predicted molar refractivity (Wildman–Crippen MR) is 319 cm³/mol. The molecule has 2 saturated carbocycles. The van der Waals surface area contributed by atoms with Gasteiger partial charge in [-0.2, -0.15) is 0 Å². The third-order valence-corrected chi connectivity index (χ3v) is 12.6. The number of anilines is 4. The first-order valence-electron chi connectivity index (χ1n) is 25.3. The van der Waals surface area contributed by atoms with Crippen molar-refractivity contribution in [2.45, 2.75) is 99.2 Å². The van der Waals surface area contributed by atoms with Crippen molar-refractivity contribution in [3.05, 3.63) is 263 Å². The highest BCUT2D eigenvalue weighted by molar-refractivity contribution is 5.91. The van der Waals surface area contributed by atoms with E-state index in [1.165, 1.54) is 22.3 Å². The molecule has 0 radical (unpaired) electrons. The standard InChI is InChI=1S/C23H23NO2.C23H23NO.C9H11NO2.C9H11NO.3CH4/c1-2-26-23(25)21-14-9-15-22(16-21)24(17-19-10-5-3-6-11-19)18-20-12-7-4-8-13-20;25-23(14-15-23)21-12-7-13-22(16-21)24(17-19-8-3-1-4-9-19)18-20-10-5-2-6-11-20;1-2-12-9(11)7-4-3-5-8(10)6-7;10-8-3-1-2-7(6-8)9(11)4-5-9;;;/h3-16H,2,17-18H2,1H3;1-13,16,25H,14-15,17-18H2;3-6H,2,10H2,1H3;1-3,6,11H,4-5,10H2;3*1H4. The Balaban J connectivity index is 0.000000233. The molecule has 2 fully saturated rings. The van der Waals surface area contributed by atoms with Crippen molar-refractivity contribution >= 4 is 34.7 Å². The van der Waals surface area contributed by atoms with E-state index in [0.717, 1.165) is 80.1 Å². The van der Waals surface area contributed by atoms with Crippen molar-refractivity contribution < 1.29 is 29.3 Å². The SMILES string of the molecule is C.C.C.CCOC(=O)c1cccc(N(Cc2ccccc2)Cc2ccccc2)c1.CCOC(=O)c1cccc(N)c1.Nc1cccc(C2(O)CC2)c1.OC1(c2cccc(N(Cc3ccccc3)Cc3ccccc3)c2)CC1. The molecule has 10 nitrogen and oxygen atoms in total. The minimum Gasteiger partial charge on any atom is -0.462 e. The molecule has 0 aliphatic heterocycles. The Morgan fingerprint density at radius 2 is 0.727 bits per heavy atom. The number of nitrogens with zero attached hydrogens (tertiary/aromatic N) is 2. The molecule has 2 aliphatic rings. The Morgan fingerprint density at radius 1 is 0.416 bits per heavy atom. The quantitative estimate of drug-likeness (QED) is 0.0544. The minimum atomic E-state index is -0.596. The van der Waals surface area contributed by atoms with Crippen LogP contribution in [0, 0.1) is 0 Å². The summed E-state index contributed by atoms with van der Waals surface area (Å²) in [5, 5.41) is 20.1. The molecule has 8 aromatic rings. The number of benzene rings is 8. The molecule has 6 N–H and O–H groups in total. The van der Waals surface area contributed by atoms with E-state index in [-0.39, 0.29) is 34.2 Å². The highest BCUT2D eigenvalue weighted by Crippen LogP contribution is 2.46. The van der Waals surface area contributed by atoms with Crippen LogP contribution >= 0.6 is 0 Å². The van der Waals surface area contributed by atoms with Gasteiger partial charge in [0.2, 0.25) is 0 Å². The number of nitrogens with two attached hydrogens (primary N) is 2. The number of nitrogen functional groups attached to an aromatic ring is 2. The summed E-state index contributed by atoms with van der Waals surface area (Å²) in [6.07, 6.45) is 3.48. The van der Waals surface area contributed by atoms with E-state index in [9.17, 15) is 19.8 Å². The lowest BCUT2D eigenvalue weighted by atomic mass is 10.1. The Bertz CT molecular complexity index is 2900. The van der Waals surface area contributed by atoms with Gasteiger partial charge in [0.15, 0.2) is 0 Å². The molecule has 0 saturated heterocycles. The summed E-state index contributed by atoms with van der Waals surface area (Å²) in [4.78, 5) is 27.9. The van der Waals surface area contributed by atoms with Crippen molar-refractivity contribution in [2.75, 3.05) is 34.5 Å². The predicted octanol–water partition coefficient (Wildman–Crippen LogP) is 14.5. The Hall–Kier alpha value is -8.18. The molecule has 8 aromatic carbocycles. The van der Waals surface area contributed by atoms with Gasteiger partial charge in [-0.25, -0.2) is 9.59 Å². The number of carbonyl (C=O) groups excluding carboxylic acids is 2. The third kappa shape index (κ3) is 19.2. The molecule has 0 aromatic heterocycles. The summed E-state index contributed by atoms with van der Waals surface area (Å²) in [5.41, 5.74) is 21.5. The van der Waals surface area contributed by atoms with Crippen LogP contribution < -0.4 is 21.3 Å². The zero-order chi connectivity index (χ0) is 52.2. The topological polar surface area (TPSA) is 152 Å². The largest absolute Gasteiger partial charge is 0.462 e. The van der Waals surface area contributed by atoms with Crippen LogP contribution in [0.15, 0.2) is 218 Å². The third-order valence-electron chi connectivity index (χ3n) is 12.6. The molecule has 10 rings (SSSR count). The van der Waals surface area contributed by atoms with E-state index in [2.05, 4.69) is 101 Å². The Kier molecular flexibility index (Phi) is 24.2. The van der Waals surface area contributed by atoms with Crippen LogP contribution in [0.3, 0.4) is 0 Å². The zero-order valence-electron chi connectivity index (χ0n) is 42.4. The maximum absolute atomic E-state index is 12.1. The van der Waals surface area contributed by atoms with E-state index in [1.54, 1.807) is 37.3 Å². The van der Waals surface area contributed by atoms with Crippen molar-refractivity contribution in [3.63, 3.8) is 0 Å². The van der Waals surface area contributed by atoms with Gasteiger partial charge in [0.1, 0.15) is 0 Å². The number of esters is 2. The van der Waals surface area contributed by atoms with E-state index in [1.807, 2.05) is 104 Å². The molecule has 2 aliphatic carbocycles. The minimum absolute atomic E-state index is 0. The molecule has 77 heavy (non-hydrogen) atoms. The smallest absolute Gasteiger partial charge is 0.338 e. The summed E-state index contributed by atoms with van der Waals surface area (Å²) >= 11 is 0. The Morgan fingerprint density at radius 3 is 1.08 bits per heavy atom. The van der Waals surface area contributed by atoms with Crippen LogP contribution in [0.1, 0.15) is 116 Å². The molecule has 0 amide bonds. The average molecular weight is 1040 g/mol. The van der Waals surface area contributed by atoms with Gasteiger partial charge in [-0.05, 0) is 134 Å². The van der Waals surface area contributed by atoms with Crippen LogP contribution in [0.2, 0.25) is 0 Å². The molecule has 10 heteroatoms. The fourth-order valence-corrected chi connectivity index (χ4v) is 8.25. The van der Waals surface area contributed by atoms with Gasteiger partial charge in [0.05, 0.1) is 35.5 Å². The molecule has 404 valence electrons. The van der Waals surface area contributed by atoms with E-state index in [4.69, 9.17) is 20.9 Å². The van der Waals surface area contributed by atoms with Gasteiger partial charge >= 0.3 is 11.9 Å². The molecule has 0 atom stereocenters. The van der Waals surface area contributed by atoms with Crippen molar-refractivity contribution in [1.29, 1.82) is 0 Å². The molecular weight excluding hydrogens is 957 g/mol. The maximum atomic E-state index is 12.1. The van der Waals surface area contributed by atoms with Crippen LogP contribution in [-0.2, 0) is 46.9 Å². The van der Waals surface area contributed by atoms with Crippen LogP contribution in [0.4, 0.5) is 22.7 Å². The summed E-state index contributed by atoms with van der Waals surface area (Å²) in [6, 6.07) is 72.0. The first-order valence-corrected chi connectivity index (χ1v) is 25.3. The highest BCUT2D eigenvalue weighted by atomic mass is 16.5. The van der Waals surface area contributed by atoms with Gasteiger partial charge in [-0.1, -0.05) is 180 Å². The first-order chi connectivity index (χ1) is 35.9. The second-order valence-corrected chi connectivity index (χ2v) is 18.5. The van der Waals surface area contributed by atoms with Gasteiger partial charge in [-0.15, -0.1) is 0 Å². The summed E-state index contributed by atoms with van der Waals surface area (Å²) in [6.45, 7) is 7.57. The zero-order valence-corrected chi connectivity index (χ0v) is 42.4. The lowest BCUT2D eigenvalue weighted by Crippen LogP contribution is -2.22. The maximum Gasteiger partial charge on any atom is 0.338 e. The monoisotopic (exact) mass is 1040 g/mol. The molecule has 0 bridgehead atoms. The van der Waals surface area contributed by atoms with Gasteiger partial charge in [-0.3, -0.25) is 0 Å².